The molecule has 1 aliphatic rings. The van der Waals surface area contributed by atoms with Crippen LogP contribution < -0.4 is 14.5 Å². The molecule has 1 fully saturated rings. The number of nitrogens with zero attached hydrogens (tertiary/aromatic N) is 3. The standard InChI is InChI=1S/C19H19N3O3S/c1-25-16-6-7-17-18(13-26-19(17)12-16)21-10-8-20(9-11-21)14-2-4-15(5-3-14)22(23)24/h2-7,12-13H,8-11H2,1H3. The summed E-state index contributed by atoms with van der Waals surface area (Å²) in [5.41, 5.74) is 2.44. The minimum Gasteiger partial charge on any atom is -0.497 e. The molecule has 0 spiro atoms. The van der Waals surface area contributed by atoms with Gasteiger partial charge in [0.05, 0.1) is 17.7 Å². The number of methoxy groups -OCH3 is 1. The van der Waals surface area contributed by atoms with Crippen LogP contribution in [-0.2, 0) is 0 Å². The van der Waals surface area contributed by atoms with Crippen LogP contribution in [-0.4, -0.2) is 38.2 Å². The molecule has 4 rings (SSSR count). The number of nitro groups is 1. The molecule has 2 heterocycles. The fourth-order valence-corrected chi connectivity index (χ4v) is 4.36. The third kappa shape index (κ3) is 3.06. The summed E-state index contributed by atoms with van der Waals surface area (Å²) in [5, 5.41) is 14.3. The first-order valence-electron chi connectivity index (χ1n) is 8.45. The average Bonchev–Trinajstić information content (AvgIpc) is 3.11. The van der Waals surface area contributed by atoms with Gasteiger partial charge in [-0.15, -0.1) is 11.3 Å². The quantitative estimate of drug-likeness (QED) is 0.511. The lowest BCUT2D eigenvalue weighted by Gasteiger charge is -2.37. The molecule has 7 heteroatoms. The SMILES string of the molecule is COc1ccc2c(N3CCN(c4ccc([N+](=O)[O-])cc4)CC3)csc2c1. The first kappa shape index (κ1) is 16.7. The Bertz CT molecular complexity index is 931. The van der Waals surface area contributed by atoms with E-state index < -0.39 is 0 Å². The van der Waals surface area contributed by atoms with E-state index in [4.69, 9.17) is 4.74 Å². The Kier molecular flexibility index (Phi) is 4.38. The second kappa shape index (κ2) is 6.84. The van der Waals surface area contributed by atoms with Crippen molar-refractivity contribution in [3.63, 3.8) is 0 Å². The van der Waals surface area contributed by atoms with E-state index >= 15 is 0 Å². The monoisotopic (exact) mass is 369 g/mol. The van der Waals surface area contributed by atoms with Gasteiger partial charge in [0, 0.05) is 59.5 Å². The topological polar surface area (TPSA) is 58.8 Å². The summed E-state index contributed by atoms with van der Waals surface area (Å²) in [6.07, 6.45) is 0. The number of thiophene rings is 1. The fraction of sp³-hybridized carbons (Fsp3) is 0.263. The second-order valence-electron chi connectivity index (χ2n) is 6.23. The molecule has 0 N–H and O–H groups in total. The lowest BCUT2D eigenvalue weighted by molar-refractivity contribution is -0.384. The van der Waals surface area contributed by atoms with Gasteiger partial charge in [0.25, 0.3) is 5.69 Å². The highest BCUT2D eigenvalue weighted by Crippen LogP contribution is 2.36. The Morgan fingerprint density at radius 1 is 1.04 bits per heavy atom. The Morgan fingerprint density at radius 2 is 1.73 bits per heavy atom. The molecule has 0 aliphatic carbocycles. The van der Waals surface area contributed by atoms with Crippen molar-refractivity contribution >= 4 is 38.5 Å². The number of ether oxygens (including phenoxy) is 1. The van der Waals surface area contributed by atoms with Gasteiger partial charge in [-0.2, -0.15) is 0 Å². The zero-order valence-corrected chi connectivity index (χ0v) is 15.2. The van der Waals surface area contributed by atoms with E-state index in [1.165, 1.54) is 15.8 Å². The highest BCUT2D eigenvalue weighted by atomic mass is 32.1. The molecule has 1 aromatic heterocycles. The average molecular weight is 369 g/mol. The Balaban J connectivity index is 1.47. The molecule has 0 radical (unpaired) electrons. The van der Waals surface area contributed by atoms with E-state index in [2.05, 4.69) is 27.3 Å². The molecule has 0 bridgehead atoms. The molecule has 0 atom stereocenters. The number of rotatable bonds is 4. The lowest BCUT2D eigenvalue weighted by atomic mass is 10.2. The van der Waals surface area contributed by atoms with Crippen molar-refractivity contribution in [1.82, 2.24) is 0 Å². The molecule has 26 heavy (non-hydrogen) atoms. The van der Waals surface area contributed by atoms with Crippen LogP contribution in [0.3, 0.4) is 0 Å². The summed E-state index contributed by atoms with van der Waals surface area (Å²) in [4.78, 5) is 15.1. The Hall–Kier alpha value is -2.80. The molecular weight excluding hydrogens is 350 g/mol. The Morgan fingerprint density at radius 3 is 2.38 bits per heavy atom. The molecule has 6 nitrogen and oxygen atoms in total. The number of hydrogen-bond acceptors (Lipinski definition) is 6. The van der Waals surface area contributed by atoms with Crippen molar-refractivity contribution in [3.8, 4) is 5.75 Å². The fourth-order valence-electron chi connectivity index (χ4n) is 3.36. The summed E-state index contributed by atoms with van der Waals surface area (Å²) in [6, 6.07) is 13.0. The molecule has 0 saturated carbocycles. The van der Waals surface area contributed by atoms with E-state index in [0.717, 1.165) is 37.6 Å². The Labute approximate surface area is 155 Å². The third-order valence-corrected chi connectivity index (χ3v) is 5.74. The van der Waals surface area contributed by atoms with Crippen LogP contribution in [0.15, 0.2) is 47.8 Å². The first-order chi connectivity index (χ1) is 12.7. The zero-order chi connectivity index (χ0) is 18.1. The van der Waals surface area contributed by atoms with Crippen LogP contribution in [0, 0.1) is 10.1 Å². The van der Waals surface area contributed by atoms with Gasteiger partial charge in [0.2, 0.25) is 0 Å². The van der Waals surface area contributed by atoms with E-state index in [0.29, 0.717) is 0 Å². The molecule has 0 amide bonds. The summed E-state index contributed by atoms with van der Waals surface area (Å²) < 4.78 is 6.54. The summed E-state index contributed by atoms with van der Waals surface area (Å²) in [6.45, 7) is 3.64. The van der Waals surface area contributed by atoms with Crippen LogP contribution in [0.1, 0.15) is 0 Å². The predicted octanol–water partition coefficient (Wildman–Crippen LogP) is 4.14. The number of anilines is 2. The van der Waals surface area contributed by atoms with Crippen molar-refractivity contribution in [3.05, 3.63) is 58.0 Å². The van der Waals surface area contributed by atoms with E-state index in [-0.39, 0.29) is 10.6 Å². The molecule has 134 valence electrons. The van der Waals surface area contributed by atoms with Gasteiger partial charge < -0.3 is 14.5 Å². The summed E-state index contributed by atoms with van der Waals surface area (Å²) in [7, 11) is 1.69. The van der Waals surface area contributed by atoms with E-state index in [1.807, 2.05) is 18.2 Å². The number of nitro benzene ring substituents is 1. The normalized spacial score (nSPS) is 14.7. The lowest BCUT2D eigenvalue weighted by Crippen LogP contribution is -2.46. The van der Waals surface area contributed by atoms with Gasteiger partial charge in [0.1, 0.15) is 5.75 Å². The second-order valence-corrected chi connectivity index (χ2v) is 7.14. The maximum atomic E-state index is 10.8. The van der Waals surface area contributed by atoms with Gasteiger partial charge in [-0.25, -0.2) is 0 Å². The third-order valence-electron chi connectivity index (χ3n) is 4.81. The number of fused-ring (bicyclic) bond motifs is 1. The van der Waals surface area contributed by atoms with E-state index in [1.54, 1.807) is 30.6 Å². The number of hydrogen-bond donors (Lipinski definition) is 0. The van der Waals surface area contributed by atoms with Crippen molar-refractivity contribution in [2.75, 3.05) is 43.1 Å². The zero-order valence-electron chi connectivity index (χ0n) is 14.4. The maximum Gasteiger partial charge on any atom is 0.269 e. The number of benzene rings is 2. The number of non-ortho nitro benzene ring substituents is 1. The van der Waals surface area contributed by atoms with Gasteiger partial charge >= 0.3 is 0 Å². The van der Waals surface area contributed by atoms with Gasteiger partial charge in [-0.3, -0.25) is 10.1 Å². The molecular formula is C19H19N3O3S. The maximum absolute atomic E-state index is 10.8. The highest BCUT2D eigenvalue weighted by molar-refractivity contribution is 7.17. The molecule has 0 unspecified atom stereocenters. The predicted molar refractivity (Wildman–Crippen MR) is 106 cm³/mol. The van der Waals surface area contributed by atoms with Crippen molar-refractivity contribution in [1.29, 1.82) is 0 Å². The smallest absolute Gasteiger partial charge is 0.269 e. The summed E-state index contributed by atoms with van der Waals surface area (Å²) in [5.74, 6) is 0.883. The van der Waals surface area contributed by atoms with Gasteiger partial charge in [-0.05, 0) is 30.3 Å². The van der Waals surface area contributed by atoms with Gasteiger partial charge in [0.15, 0.2) is 0 Å². The first-order valence-corrected chi connectivity index (χ1v) is 9.33. The molecule has 2 aromatic carbocycles. The number of piperazine rings is 1. The van der Waals surface area contributed by atoms with Crippen molar-refractivity contribution < 1.29 is 9.66 Å². The minimum atomic E-state index is -0.363. The van der Waals surface area contributed by atoms with Crippen LogP contribution in [0.4, 0.5) is 17.1 Å². The van der Waals surface area contributed by atoms with Crippen LogP contribution in [0.2, 0.25) is 0 Å². The molecule has 1 saturated heterocycles. The largest absolute Gasteiger partial charge is 0.497 e. The van der Waals surface area contributed by atoms with Crippen LogP contribution in [0.25, 0.3) is 10.1 Å². The van der Waals surface area contributed by atoms with Crippen LogP contribution in [0.5, 0.6) is 5.75 Å². The summed E-state index contributed by atoms with van der Waals surface area (Å²) >= 11 is 1.74. The van der Waals surface area contributed by atoms with Crippen molar-refractivity contribution in [2.24, 2.45) is 0 Å². The minimum absolute atomic E-state index is 0.132. The van der Waals surface area contributed by atoms with Gasteiger partial charge in [-0.1, -0.05) is 0 Å². The van der Waals surface area contributed by atoms with E-state index in [9.17, 15) is 10.1 Å². The van der Waals surface area contributed by atoms with Crippen LogP contribution >= 0.6 is 11.3 Å². The molecule has 3 aromatic rings. The van der Waals surface area contributed by atoms with Crippen molar-refractivity contribution in [2.45, 2.75) is 0 Å². The highest BCUT2D eigenvalue weighted by Gasteiger charge is 2.20. The molecule has 1 aliphatic heterocycles.